The first-order valence-electron chi connectivity index (χ1n) is 17.8. The number of aromatic nitrogens is 2. The molecule has 0 saturated heterocycles. The maximum atomic E-state index is 5.17. The normalized spacial score (nSPS) is 11.8. The summed E-state index contributed by atoms with van der Waals surface area (Å²) in [5.74, 6) is 0. The predicted molar refractivity (Wildman–Crippen MR) is 218 cm³/mol. The molecule has 11 rings (SSSR count). The van der Waals surface area contributed by atoms with E-state index in [0.717, 1.165) is 22.6 Å². The van der Waals surface area contributed by atoms with Crippen LogP contribution in [0.25, 0.3) is 110 Å². The topological polar surface area (TPSA) is 25.8 Å². The Morgan fingerprint density at radius 1 is 0.269 bits per heavy atom. The van der Waals surface area contributed by atoms with E-state index in [4.69, 9.17) is 4.98 Å². The Labute approximate surface area is 301 Å². The molecule has 2 heterocycles. The molecule has 2 nitrogen and oxygen atoms in total. The summed E-state index contributed by atoms with van der Waals surface area (Å²) in [6.07, 6.45) is 1.82. The molecule has 10 aromatic rings. The molecule has 0 N–H and O–H groups in total. The van der Waals surface area contributed by atoms with E-state index in [1.54, 1.807) is 0 Å². The van der Waals surface area contributed by atoms with Gasteiger partial charge in [0, 0.05) is 11.8 Å². The zero-order valence-corrected chi connectivity index (χ0v) is 28.2. The number of rotatable bonds is 4. The Bertz CT molecular complexity index is 2930. The fraction of sp³-hybridized carbons (Fsp3) is 0. The van der Waals surface area contributed by atoms with Gasteiger partial charge in [-0.2, -0.15) is 0 Å². The molecular formula is C50H30N2. The van der Waals surface area contributed by atoms with Crippen LogP contribution in [0.1, 0.15) is 0 Å². The minimum Gasteiger partial charge on any atom is -0.255 e. The lowest BCUT2D eigenvalue weighted by Crippen LogP contribution is -1.95. The van der Waals surface area contributed by atoms with Crippen molar-refractivity contribution < 1.29 is 0 Å². The second kappa shape index (κ2) is 11.3. The lowest BCUT2D eigenvalue weighted by molar-refractivity contribution is 1.25. The van der Waals surface area contributed by atoms with Crippen molar-refractivity contribution >= 4 is 43.1 Å². The first kappa shape index (κ1) is 28.9. The average molecular weight is 659 g/mol. The summed E-state index contributed by atoms with van der Waals surface area (Å²) in [5, 5.41) is 10.00. The van der Waals surface area contributed by atoms with Crippen LogP contribution in [0, 0.1) is 0 Å². The monoisotopic (exact) mass is 658 g/mol. The van der Waals surface area contributed by atoms with Gasteiger partial charge in [0.05, 0.1) is 17.1 Å². The molecule has 1 aliphatic carbocycles. The zero-order chi connectivity index (χ0) is 34.2. The molecule has 8 aromatic carbocycles. The molecule has 0 spiro atoms. The first-order chi connectivity index (χ1) is 25.8. The Balaban J connectivity index is 1.29. The number of fused-ring (bicyclic) bond motifs is 6. The number of hydrogen-bond donors (Lipinski definition) is 0. The third-order valence-electron chi connectivity index (χ3n) is 10.9. The molecule has 0 atom stereocenters. The highest BCUT2D eigenvalue weighted by atomic mass is 14.8. The zero-order valence-electron chi connectivity index (χ0n) is 28.2. The Morgan fingerprint density at radius 3 is 1.38 bits per heavy atom. The van der Waals surface area contributed by atoms with Crippen LogP contribution in [-0.4, -0.2) is 9.97 Å². The van der Waals surface area contributed by atoms with E-state index in [0.29, 0.717) is 0 Å². The predicted octanol–water partition coefficient (Wildman–Crippen LogP) is 13.4. The molecule has 0 saturated carbocycles. The Hall–Kier alpha value is -6.90. The number of hydrogen-bond acceptors (Lipinski definition) is 2. The van der Waals surface area contributed by atoms with Crippen molar-refractivity contribution in [1.29, 1.82) is 0 Å². The second-order valence-electron chi connectivity index (χ2n) is 13.6. The van der Waals surface area contributed by atoms with Crippen LogP contribution in [0.4, 0.5) is 0 Å². The van der Waals surface area contributed by atoms with Gasteiger partial charge in [-0.15, -0.1) is 0 Å². The van der Waals surface area contributed by atoms with Crippen molar-refractivity contribution in [3.05, 3.63) is 182 Å². The lowest BCUT2D eigenvalue weighted by atomic mass is 9.81. The van der Waals surface area contributed by atoms with Gasteiger partial charge in [-0.1, -0.05) is 152 Å². The molecule has 240 valence electrons. The summed E-state index contributed by atoms with van der Waals surface area (Å²) in [4.78, 5) is 9.77. The van der Waals surface area contributed by atoms with Crippen molar-refractivity contribution in [2.45, 2.75) is 0 Å². The Morgan fingerprint density at radius 2 is 0.731 bits per heavy atom. The number of pyridine rings is 2. The van der Waals surface area contributed by atoms with Gasteiger partial charge in [0.2, 0.25) is 0 Å². The van der Waals surface area contributed by atoms with Gasteiger partial charge >= 0.3 is 0 Å². The van der Waals surface area contributed by atoms with Gasteiger partial charge in [0.1, 0.15) is 0 Å². The summed E-state index contributed by atoms with van der Waals surface area (Å²) in [6, 6.07) is 63.7. The van der Waals surface area contributed by atoms with Crippen LogP contribution < -0.4 is 0 Å². The SMILES string of the molecule is c1ccc(-c2cccc(-c3ccc4c5c(cccc35)-c3c-4c(-c4cccc5ccccc45)c4ccccc4c3-c3cccc4ccccc34)n2)nc1. The summed E-state index contributed by atoms with van der Waals surface area (Å²) in [6.45, 7) is 0. The largest absolute Gasteiger partial charge is 0.255 e. The van der Waals surface area contributed by atoms with Gasteiger partial charge in [0.15, 0.2) is 0 Å². The minimum absolute atomic E-state index is 0.868. The lowest BCUT2D eigenvalue weighted by Gasteiger charge is -2.22. The highest BCUT2D eigenvalue weighted by molar-refractivity contribution is 6.30. The summed E-state index contributed by atoms with van der Waals surface area (Å²) >= 11 is 0. The van der Waals surface area contributed by atoms with Crippen molar-refractivity contribution in [3.63, 3.8) is 0 Å². The molecule has 0 unspecified atom stereocenters. The van der Waals surface area contributed by atoms with Crippen LogP contribution in [0.2, 0.25) is 0 Å². The summed E-state index contributed by atoms with van der Waals surface area (Å²) < 4.78 is 0. The highest BCUT2D eigenvalue weighted by Gasteiger charge is 2.32. The smallest absolute Gasteiger partial charge is 0.0893 e. The molecule has 52 heavy (non-hydrogen) atoms. The van der Waals surface area contributed by atoms with Crippen molar-refractivity contribution in [2.24, 2.45) is 0 Å². The van der Waals surface area contributed by atoms with Gasteiger partial charge in [-0.05, 0) is 112 Å². The van der Waals surface area contributed by atoms with E-state index in [9.17, 15) is 0 Å². The maximum absolute atomic E-state index is 5.17. The van der Waals surface area contributed by atoms with Crippen LogP contribution in [-0.2, 0) is 0 Å². The van der Waals surface area contributed by atoms with Crippen molar-refractivity contribution in [2.75, 3.05) is 0 Å². The molecule has 0 amide bonds. The van der Waals surface area contributed by atoms with Crippen LogP contribution in [0.5, 0.6) is 0 Å². The molecular weight excluding hydrogens is 629 g/mol. The molecule has 0 fully saturated rings. The Kier molecular flexibility index (Phi) is 6.28. The maximum Gasteiger partial charge on any atom is 0.0893 e. The van der Waals surface area contributed by atoms with E-state index in [1.807, 2.05) is 30.5 Å². The van der Waals surface area contributed by atoms with Crippen molar-refractivity contribution in [3.8, 4) is 67.2 Å². The summed E-state index contributed by atoms with van der Waals surface area (Å²) in [7, 11) is 0. The van der Waals surface area contributed by atoms with Crippen molar-refractivity contribution in [1.82, 2.24) is 9.97 Å². The van der Waals surface area contributed by atoms with Gasteiger partial charge < -0.3 is 0 Å². The van der Waals surface area contributed by atoms with E-state index in [1.165, 1.54) is 87.6 Å². The standard InChI is InChI=1S/C50H30N2/c1-3-17-33-31(13-1)15-9-21-36(33)47-39-19-5-6-20-40(39)48(37-22-10-16-32-14-2-4-18-34(32)37)50-42-29-28-35(38-23-11-24-41(46(38)42)49(47)50)43-26-12-27-45(52-43)44-25-7-8-30-51-44/h1-30H. The van der Waals surface area contributed by atoms with E-state index >= 15 is 0 Å². The molecule has 0 aliphatic heterocycles. The van der Waals surface area contributed by atoms with E-state index in [-0.39, 0.29) is 0 Å². The fourth-order valence-corrected chi connectivity index (χ4v) is 8.71. The second-order valence-corrected chi connectivity index (χ2v) is 13.6. The quantitative estimate of drug-likeness (QED) is 0.188. The molecule has 1 aliphatic rings. The van der Waals surface area contributed by atoms with Gasteiger partial charge in [-0.25, -0.2) is 4.98 Å². The van der Waals surface area contributed by atoms with Gasteiger partial charge in [-0.3, -0.25) is 4.98 Å². The minimum atomic E-state index is 0.868. The van der Waals surface area contributed by atoms with Crippen LogP contribution >= 0.6 is 0 Å². The molecule has 2 aromatic heterocycles. The third-order valence-corrected chi connectivity index (χ3v) is 10.9. The number of benzene rings is 8. The molecule has 0 bridgehead atoms. The number of nitrogens with zero attached hydrogens (tertiary/aromatic N) is 2. The third kappa shape index (κ3) is 4.19. The van der Waals surface area contributed by atoms with Crippen LogP contribution in [0.15, 0.2) is 182 Å². The van der Waals surface area contributed by atoms with Crippen LogP contribution in [0.3, 0.4) is 0 Å². The van der Waals surface area contributed by atoms with E-state index < -0.39 is 0 Å². The average Bonchev–Trinajstić information content (AvgIpc) is 3.55. The first-order valence-corrected chi connectivity index (χ1v) is 17.8. The molecule has 0 radical (unpaired) electrons. The summed E-state index contributed by atoms with van der Waals surface area (Å²) in [5.41, 5.74) is 14.0. The van der Waals surface area contributed by atoms with E-state index in [2.05, 4.69) is 157 Å². The highest BCUT2D eigenvalue weighted by Crippen LogP contribution is 2.59. The fourth-order valence-electron chi connectivity index (χ4n) is 8.71. The van der Waals surface area contributed by atoms with Gasteiger partial charge in [0.25, 0.3) is 0 Å². The molecule has 2 heteroatoms.